The van der Waals surface area contributed by atoms with Crippen LogP contribution in [-0.4, -0.2) is 53.5 Å². The highest BCUT2D eigenvalue weighted by molar-refractivity contribution is 5.90. The first-order valence-corrected chi connectivity index (χ1v) is 6.31. The maximum absolute atomic E-state index is 11.8. The lowest BCUT2D eigenvalue weighted by Crippen LogP contribution is -2.34. The molecule has 2 saturated heterocycles. The van der Waals surface area contributed by atoms with Crippen LogP contribution in [0.25, 0.3) is 0 Å². The number of likely N-dealkylation sites (tertiary alicyclic amines) is 1. The second-order valence-corrected chi connectivity index (χ2v) is 4.99. The smallest absolute Gasteiger partial charge is 0.240 e. The molecule has 6 nitrogen and oxygen atoms in total. The van der Waals surface area contributed by atoms with Gasteiger partial charge in [0.05, 0.1) is 6.54 Å². The second-order valence-electron chi connectivity index (χ2n) is 4.99. The Morgan fingerprint density at radius 1 is 1.33 bits per heavy atom. The van der Waals surface area contributed by atoms with Crippen LogP contribution in [0, 0.1) is 11.8 Å². The van der Waals surface area contributed by atoms with Gasteiger partial charge in [0.25, 0.3) is 0 Å². The van der Waals surface area contributed by atoms with E-state index in [4.69, 9.17) is 0 Å². The number of aromatic nitrogens is 2. The molecule has 18 heavy (non-hydrogen) atoms. The van der Waals surface area contributed by atoms with Crippen molar-refractivity contribution in [3.63, 3.8) is 0 Å². The van der Waals surface area contributed by atoms with Gasteiger partial charge in [-0.05, 0) is 31.0 Å². The zero-order valence-corrected chi connectivity index (χ0v) is 10.2. The molecule has 1 aromatic rings. The minimum Gasteiger partial charge on any atom is -0.316 e. The fourth-order valence-electron chi connectivity index (χ4n) is 2.81. The molecule has 0 unspecified atom stereocenters. The third-order valence-corrected chi connectivity index (χ3v) is 3.65. The number of carbonyl (C=O) groups excluding carboxylic acids is 1. The number of hydrogen-bond donors (Lipinski definition) is 2. The second kappa shape index (κ2) is 4.99. The average molecular weight is 247 g/mol. The number of carbonyl (C=O) groups is 1. The van der Waals surface area contributed by atoms with Gasteiger partial charge in [-0.2, -0.15) is 0 Å². The summed E-state index contributed by atoms with van der Waals surface area (Å²) in [6, 6.07) is 1.73. The Bertz CT molecular complexity index is 412. The van der Waals surface area contributed by atoms with Crippen LogP contribution in [0.5, 0.6) is 0 Å². The summed E-state index contributed by atoms with van der Waals surface area (Å²) >= 11 is 0. The van der Waals surface area contributed by atoms with Gasteiger partial charge >= 0.3 is 0 Å². The number of nitrogens with zero attached hydrogens (tertiary/aromatic N) is 3. The summed E-state index contributed by atoms with van der Waals surface area (Å²) in [5, 5.41) is 6.11. The van der Waals surface area contributed by atoms with E-state index in [2.05, 4.69) is 25.5 Å². The van der Waals surface area contributed by atoms with Gasteiger partial charge in [-0.15, -0.1) is 0 Å². The van der Waals surface area contributed by atoms with Gasteiger partial charge in [0.2, 0.25) is 11.9 Å². The number of hydrogen-bond acceptors (Lipinski definition) is 5. The van der Waals surface area contributed by atoms with Crippen LogP contribution < -0.4 is 10.6 Å². The van der Waals surface area contributed by atoms with Gasteiger partial charge in [0.1, 0.15) is 0 Å². The van der Waals surface area contributed by atoms with Crippen molar-refractivity contribution in [2.75, 3.05) is 38.0 Å². The van der Waals surface area contributed by atoms with Crippen LogP contribution in [0.1, 0.15) is 0 Å². The highest BCUT2D eigenvalue weighted by atomic mass is 16.2. The molecule has 2 atom stereocenters. The van der Waals surface area contributed by atoms with Crippen molar-refractivity contribution in [3.05, 3.63) is 18.5 Å². The Labute approximate surface area is 106 Å². The van der Waals surface area contributed by atoms with Crippen molar-refractivity contribution in [3.8, 4) is 0 Å². The maximum atomic E-state index is 11.8. The summed E-state index contributed by atoms with van der Waals surface area (Å²) in [6.45, 7) is 4.64. The van der Waals surface area contributed by atoms with Crippen molar-refractivity contribution in [1.29, 1.82) is 0 Å². The summed E-state index contributed by atoms with van der Waals surface area (Å²) in [7, 11) is 0. The highest BCUT2D eigenvalue weighted by Crippen LogP contribution is 2.25. The quantitative estimate of drug-likeness (QED) is 0.758. The largest absolute Gasteiger partial charge is 0.316 e. The van der Waals surface area contributed by atoms with Crippen LogP contribution in [-0.2, 0) is 4.79 Å². The lowest BCUT2D eigenvalue weighted by Gasteiger charge is -2.15. The predicted molar refractivity (Wildman–Crippen MR) is 67.0 cm³/mol. The molecule has 3 heterocycles. The van der Waals surface area contributed by atoms with Gasteiger partial charge in [-0.1, -0.05) is 0 Å². The van der Waals surface area contributed by atoms with Crippen molar-refractivity contribution in [2.24, 2.45) is 11.8 Å². The van der Waals surface area contributed by atoms with Gasteiger partial charge < -0.3 is 5.32 Å². The molecule has 2 aliphatic rings. The van der Waals surface area contributed by atoms with E-state index in [1.54, 1.807) is 18.5 Å². The molecular formula is C12H17N5O. The molecule has 0 saturated carbocycles. The predicted octanol–water partition coefficient (Wildman–Crippen LogP) is -0.434. The third kappa shape index (κ3) is 2.49. The molecule has 1 aromatic heterocycles. The molecule has 2 N–H and O–H groups in total. The SMILES string of the molecule is O=C(CN1C[C@H]2CNC[C@H]2C1)Nc1ncccn1. The summed E-state index contributed by atoms with van der Waals surface area (Å²) < 4.78 is 0. The lowest BCUT2D eigenvalue weighted by atomic mass is 10.0. The Morgan fingerprint density at radius 3 is 2.67 bits per heavy atom. The Morgan fingerprint density at radius 2 is 2.00 bits per heavy atom. The first-order valence-electron chi connectivity index (χ1n) is 6.31. The Balaban J connectivity index is 1.50. The van der Waals surface area contributed by atoms with Gasteiger partial charge in [0.15, 0.2) is 0 Å². The summed E-state index contributed by atoms with van der Waals surface area (Å²) in [6.07, 6.45) is 3.24. The van der Waals surface area contributed by atoms with Gasteiger partial charge in [0, 0.05) is 25.5 Å². The average Bonchev–Trinajstić information content (AvgIpc) is 2.90. The molecule has 0 bridgehead atoms. The van der Waals surface area contributed by atoms with E-state index in [-0.39, 0.29) is 5.91 Å². The molecule has 0 aliphatic carbocycles. The zero-order chi connectivity index (χ0) is 12.4. The van der Waals surface area contributed by atoms with Gasteiger partial charge in [-0.25, -0.2) is 9.97 Å². The molecular weight excluding hydrogens is 230 g/mol. The van der Waals surface area contributed by atoms with Crippen molar-refractivity contribution >= 4 is 11.9 Å². The van der Waals surface area contributed by atoms with Crippen LogP contribution in [0.15, 0.2) is 18.5 Å². The molecule has 0 radical (unpaired) electrons. The molecule has 96 valence electrons. The number of amides is 1. The van der Waals surface area contributed by atoms with E-state index in [0.717, 1.165) is 26.2 Å². The number of anilines is 1. The molecule has 3 rings (SSSR count). The van der Waals surface area contributed by atoms with E-state index < -0.39 is 0 Å². The highest BCUT2D eigenvalue weighted by Gasteiger charge is 2.36. The number of fused-ring (bicyclic) bond motifs is 1. The lowest BCUT2D eigenvalue weighted by molar-refractivity contribution is -0.117. The van der Waals surface area contributed by atoms with E-state index in [9.17, 15) is 4.79 Å². The van der Waals surface area contributed by atoms with E-state index in [0.29, 0.717) is 24.3 Å². The van der Waals surface area contributed by atoms with E-state index in [1.165, 1.54) is 0 Å². The molecule has 0 aromatic carbocycles. The number of rotatable bonds is 3. The molecule has 2 aliphatic heterocycles. The normalized spacial score (nSPS) is 27.1. The van der Waals surface area contributed by atoms with Crippen LogP contribution in [0.4, 0.5) is 5.95 Å². The van der Waals surface area contributed by atoms with Crippen LogP contribution in [0.3, 0.4) is 0 Å². The summed E-state index contributed by atoms with van der Waals surface area (Å²) in [4.78, 5) is 22.0. The molecule has 0 spiro atoms. The fourth-order valence-corrected chi connectivity index (χ4v) is 2.81. The molecule has 1 amide bonds. The molecule has 2 fully saturated rings. The standard InChI is InChI=1S/C12H17N5O/c18-11(16-12-14-2-1-3-15-12)8-17-6-9-4-13-5-10(9)7-17/h1-3,9-10,13H,4-8H2,(H,14,15,16,18)/t9-,10+. The van der Waals surface area contributed by atoms with E-state index in [1.807, 2.05) is 0 Å². The van der Waals surface area contributed by atoms with Crippen molar-refractivity contribution < 1.29 is 4.79 Å². The third-order valence-electron chi connectivity index (χ3n) is 3.65. The van der Waals surface area contributed by atoms with Gasteiger partial charge in [-0.3, -0.25) is 15.0 Å². The Hall–Kier alpha value is -1.53. The number of nitrogens with one attached hydrogen (secondary N) is 2. The summed E-state index contributed by atoms with van der Waals surface area (Å²) in [5.41, 5.74) is 0. The van der Waals surface area contributed by atoms with E-state index >= 15 is 0 Å². The minimum absolute atomic E-state index is 0.0332. The maximum Gasteiger partial charge on any atom is 0.240 e. The van der Waals surface area contributed by atoms with Crippen molar-refractivity contribution in [1.82, 2.24) is 20.2 Å². The topological polar surface area (TPSA) is 70.2 Å². The summed E-state index contributed by atoms with van der Waals surface area (Å²) in [5.74, 6) is 1.77. The Kier molecular flexibility index (Phi) is 3.21. The van der Waals surface area contributed by atoms with Crippen LogP contribution in [0.2, 0.25) is 0 Å². The monoisotopic (exact) mass is 247 g/mol. The van der Waals surface area contributed by atoms with Crippen LogP contribution >= 0.6 is 0 Å². The molecule has 6 heteroatoms. The fraction of sp³-hybridized carbons (Fsp3) is 0.583. The van der Waals surface area contributed by atoms with Crippen molar-refractivity contribution in [2.45, 2.75) is 0 Å². The zero-order valence-electron chi connectivity index (χ0n) is 10.2. The first kappa shape index (κ1) is 11.6. The first-order chi connectivity index (χ1) is 8.81. The minimum atomic E-state index is -0.0332.